The largest absolute Gasteiger partial charge is 0.296 e. The molecule has 0 saturated carbocycles. The molecule has 1 aliphatic rings. The highest BCUT2D eigenvalue weighted by molar-refractivity contribution is 9.10. The van der Waals surface area contributed by atoms with Gasteiger partial charge < -0.3 is 0 Å². The van der Waals surface area contributed by atoms with Crippen LogP contribution in [0.1, 0.15) is 30.9 Å². The van der Waals surface area contributed by atoms with Crippen molar-refractivity contribution < 1.29 is 4.39 Å². The number of nitrogens with zero attached hydrogens (tertiary/aromatic N) is 2. The fourth-order valence-corrected chi connectivity index (χ4v) is 4.81. The first-order valence-electron chi connectivity index (χ1n) is 10.3. The van der Waals surface area contributed by atoms with Crippen molar-refractivity contribution in [3.05, 3.63) is 94.2 Å². The number of benzene rings is 3. The van der Waals surface area contributed by atoms with Gasteiger partial charge in [-0.3, -0.25) is 4.90 Å². The highest BCUT2D eigenvalue weighted by atomic mass is 79.9. The first-order chi connectivity index (χ1) is 14.5. The summed E-state index contributed by atoms with van der Waals surface area (Å²) in [6.07, 6.45) is 1.37. The number of hydrogen-bond acceptors (Lipinski definition) is 2. The van der Waals surface area contributed by atoms with E-state index in [0.29, 0.717) is 12.8 Å². The van der Waals surface area contributed by atoms with Crippen molar-refractivity contribution in [1.29, 1.82) is 5.26 Å². The highest BCUT2D eigenvalue weighted by Gasteiger charge is 2.41. The maximum Gasteiger partial charge on any atom is 0.123 e. The summed E-state index contributed by atoms with van der Waals surface area (Å²) in [5, 5.41) is 10.3. The van der Waals surface area contributed by atoms with E-state index in [1.54, 1.807) is 6.07 Å². The summed E-state index contributed by atoms with van der Waals surface area (Å²) in [6.45, 7) is 3.85. The molecule has 0 aliphatic carbocycles. The lowest BCUT2D eigenvalue weighted by molar-refractivity contribution is 0.117. The summed E-state index contributed by atoms with van der Waals surface area (Å²) in [4.78, 5) is 2.42. The van der Waals surface area contributed by atoms with Crippen LogP contribution in [-0.4, -0.2) is 17.5 Å². The van der Waals surface area contributed by atoms with Gasteiger partial charge in [0.2, 0.25) is 0 Å². The molecule has 2 unspecified atom stereocenters. The molecule has 4 rings (SSSR count). The molecule has 1 saturated heterocycles. The summed E-state index contributed by atoms with van der Waals surface area (Å²) in [6, 6.07) is 26.1. The van der Waals surface area contributed by atoms with Gasteiger partial charge in [0.15, 0.2) is 0 Å². The van der Waals surface area contributed by atoms with Gasteiger partial charge in [-0.15, -0.1) is 0 Å². The SMILES string of the molecule is CC1CC(C#N)(c2cc(F)ccc2-c2ccc(Br)cc2)CCN1Cc1ccccc1. The normalized spacial score (nSPS) is 21.9. The molecule has 0 amide bonds. The molecule has 3 aromatic rings. The van der Waals surface area contributed by atoms with E-state index in [1.165, 1.54) is 11.6 Å². The molecule has 0 spiro atoms. The lowest BCUT2D eigenvalue weighted by Crippen LogP contribution is -2.47. The van der Waals surface area contributed by atoms with Gasteiger partial charge in [0.25, 0.3) is 0 Å². The van der Waals surface area contributed by atoms with Crippen molar-refractivity contribution in [3.8, 4) is 17.2 Å². The summed E-state index contributed by atoms with van der Waals surface area (Å²) >= 11 is 3.47. The Bertz CT molecular complexity index is 1060. The van der Waals surface area contributed by atoms with Gasteiger partial charge in [-0.2, -0.15) is 5.26 Å². The minimum Gasteiger partial charge on any atom is -0.296 e. The van der Waals surface area contributed by atoms with E-state index in [4.69, 9.17) is 0 Å². The molecule has 4 heteroatoms. The minimum absolute atomic E-state index is 0.222. The molecule has 1 fully saturated rings. The number of likely N-dealkylation sites (tertiary alicyclic amines) is 1. The molecular weight excluding hydrogens is 439 g/mol. The van der Waals surface area contributed by atoms with Gasteiger partial charge in [0, 0.05) is 23.6 Å². The molecule has 0 radical (unpaired) electrons. The first-order valence-corrected chi connectivity index (χ1v) is 11.1. The van der Waals surface area contributed by atoms with Crippen LogP contribution in [0.2, 0.25) is 0 Å². The van der Waals surface area contributed by atoms with E-state index in [1.807, 2.05) is 36.4 Å². The summed E-state index contributed by atoms with van der Waals surface area (Å²) in [7, 11) is 0. The van der Waals surface area contributed by atoms with E-state index >= 15 is 0 Å². The van der Waals surface area contributed by atoms with Crippen LogP contribution in [0.25, 0.3) is 11.1 Å². The third-order valence-corrected chi connectivity index (χ3v) is 6.72. The number of piperidine rings is 1. The van der Waals surface area contributed by atoms with Crippen molar-refractivity contribution in [2.45, 2.75) is 37.8 Å². The summed E-state index contributed by atoms with van der Waals surface area (Å²) in [5.41, 5.74) is 3.32. The lowest BCUT2D eigenvalue weighted by atomic mass is 9.69. The average Bonchev–Trinajstić information content (AvgIpc) is 2.77. The third kappa shape index (κ3) is 4.19. The first kappa shape index (κ1) is 20.8. The standard InChI is InChI=1S/C26H24BrFN2/c1-19-16-26(18-29,13-14-30(19)17-20-5-3-2-4-6-20)25-15-23(28)11-12-24(25)21-7-9-22(27)10-8-21/h2-12,15,19H,13-14,16-17H2,1H3. The molecule has 0 aromatic heterocycles. The maximum absolute atomic E-state index is 14.3. The maximum atomic E-state index is 14.3. The predicted molar refractivity (Wildman–Crippen MR) is 122 cm³/mol. The van der Waals surface area contributed by atoms with Gasteiger partial charge in [0.05, 0.1) is 11.5 Å². The Labute approximate surface area is 186 Å². The zero-order valence-corrected chi connectivity index (χ0v) is 18.6. The molecule has 3 aromatic carbocycles. The molecule has 0 bridgehead atoms. The summed E-state index contributed by atoms with van der Waals surface area (Å²) in [5.74, 6) is -0.292. The van der Waals surface area contributed by atoms with Crippen LogP contribution in [0.4, 0.5) is 4.39 Å². The second kappa shape index (κ2) is 8.71. The van der Waals surface area contributed by atoms with Gasteiger partial charge >= 0.3 is 0 Å². The number of halogens is 2. The number of nitriles is 1. The Kier molecular flexibility index (Phi) is 6.04. The van der Waals surface area contributed by atoms with Crippen molar-refractivity contribution in [3.63, 3.8) is 0 Å². The van der Waals surface area contributed by atoms with Crippen molar-refractivity contribution in [2.75, 3.05) is 6.54 Å². The van der Waals surface area contributed by atoms with Gasteiger partial charge in [-0.1, -0.05) is 64.5 Å². The third-order valence-electron chi connectivity index (χ3n) is 6.19. The fourth-order valence-electron chi connectivity index (χ4n) is 4.54. The minimum atomic E-state index is -0.697. The molecule has 1 heterocycles. The fraction of sp³-hybridized carbons (Fsp3) is 0.269. The Morgan fingerprint density at radius 3 is 2.50 bits per heavy atom. The second-order valence-corrected chi connectivity index (χ2v) is 9.07. The van der Waals surface area contributed by atoms with Crippen LogP contribution in [0.3, 0.4) is 0 Å². The van der Waals surface area contributed by atoms with E-state index < -0.39 is 5.41 Å². The number of rotatable bonds is 4. The van der Waals surface area contributed by atoms with E-state index in [9.17, 15) is 9.65 Å². The Morgan fingerprint density at radius 2 is 1.83 bits per heavy atom. The van der Waals surface area contributed by atoms with Crippen LogP contribution >= 0.6 is 15.9 Å². The topological polar surface area (TPSA) is 27.0 Å². The van der Waals surface area contributed by atoms with Crippen molar-refractivity contribution in [2.24, 2.45) is 0 Å². The molecule has 2 nitrogen and oxygen atoms in total. The molecule has 152 valence electrons. The van der Waals surface area contributed by atoms with Crippen LogP contribution in [-0.2, 0) is 12.0 Å². The average molecular weight is 463 g/mol. The Hall–Kier alpha value is -2.48. The second-order valence-electron chi connectivity index (χ2n) is 8.15. The van der Waals surface area contributed by atoms with Crippen LogP contribution in [0.15, 0.2) is 77.3 Å². The van der Waals surface area contributed by atoms with E-state index in [0.717, 1.165) is 34.3 Å². The zero-order chi connectivity index (χ0) is 21.1. The quantitative estimate of drug-likeness (QED) is 0.431. The lowest BCUT2D eigenvalue weighted by Gasteiger charge is -2.43. The van der Waals surface area contributed by atoms with E-state index in [-0.39, 0.29) is 11.9 Å². The van der Waals surface area contributed by atoms with Crippen LogP contribution in [0, 0.1) is 17.1 Å². The molecular formula is C26H24BrFN2. The Balaban J connectivity index is 1.67. The van der Waals surface area contributed by atoms with Gasteiger partial charge in [0.1, 0.15) is 5.82 Å². The summed E-state index contributed by atoms with van der Waals surface area (Å²) < 4.78 is 15.3. The molecule has 0 N–H and O–H groups in total. The number of hydrogen-bond donors (Lipinski definition) is 0. The van der Waals surface area contributed by atoms with Crippen molar-refractivity contribution >= 4 is 15.9 Å². The Morgan fingerprint density at radius 1 is 1.10 bits per heavy atom. The van der Waals surface area contributed by atoms with Gasteiger partial charge in [-0.05, 0) is 66.3 Å². The molecule has 2 atom stereocenters. The zero-order valence-electron chi connectivity index (χ0n) is 17.0. The van der Waals surface area contributed by atoms with Crippen LogP contribution in [0.5, 0.6) is 0 Å². The van der Waals surface area contributed by atoms with Gasteiger partial charge in [-0.25, -0.2) is 4.39 Å². The molecule has 30 heavy (non-hydrogen) atoms. The monoisotopic (exact) mass is 462 g/mol. The predicted octanol–water partition coefficient (Wildman–Crippen LogP) is 6.70. The van der Waals surface area contributed by atoms with Crippen molar-refractivity contribution in [1.82, 2.24) is 4.90 Å². The molecule has 1 aliphatic heterocycles. The van der Waals surface area contributed by atoms with Crippen LogP contribution < -0.4 is 0 Å². The van der Waals surface area contributed by atoms with E-state index in [2.05, 4.69) is 58.1 Å². The highest BCUT2D eigenvalue weighted by Crippen LogP contribution is 2.43. The smallest absolute Gasteiger partial charge is 0.123 e.